The molecule has 2 rings (SSSR count). The van der Waals surface area contributed by atoms with Crippen LogP contribution in [-0.2, 0) is 0 Å². The highest BCUT2D eigenvalue weighted by Crippen LogP contribution is 2.33. The zero-order valence-electron chi connectivity index (χ0n) is 8.49. The van der Waals surface area contributed by atoms with E-state index in [1.807, 2.05) is 0 Å². The molecule has 86 valence electrons. The Morgan fingerprint density at radius 1 is 1.47 bits per heavy atom. The van der Waals surface area contributed by atoms with E-state index in [1.54, 1.807) is 12.4 Å². The smallest absolute Gasteiger partial charge is 0.284 e. The monoisotopic (exact) mass is 249 g/mol. The number of rotatable bonds is 4. The number of nitrogens with one attached hydrogen (secondary N) is 1. The van der Waals surface area contributed by atoms with E-state index in [9.17, 15) is 14.9 Å². The van der Waals surface area contributed by atoms with Gasteiger partial charge in [-0.15, -0.1) is 0 Å². The molecule has 0 radical (unpaired) electrons. The summed E-state index contributed by atoms with van der Waals surface area (Å²) >= 11 is 1.14. The van der Waals surface area contributed by atoms with Gasteiger partial charge in [-0.05, 0) is 17.8 Å². The topological polar surface area (TPSA) is 88.9 Å². The fraction of sp³-hybridized carbons (Fsp3) is 0. The molecule has 2 aromatic rings. The number of aromatic nitrogens is 2. The number of nitrogens with zero attached hydrogens (tertiary/aromatic N) is 2. The lowest BCUT2D eigenvalue weighted by atomic mass is 10.2. The second-order valence-corrected chi connectivity index (χ2v) is 4.13. The molecule has 0 bridgehead atoms. The van der Waals surface area contributed by atoms with Gasteiger partial charge in [0.05, 0.1) is 9.82 Å². The van der Waals surface area contributed by atoms with Crippen LogP contribution in [0.25, 0.3) is 0 Å². The van der Waals surface area contributed by atoms with Crippen molar-refractivity contribution in [2.75, 3.05) is 0 Å². The Balaban J connectivity index is 2.39. The van der Waals surface area contributed by atoms with Gasteiger partial charge in [-0.3, -0.25) is 14.9 Å². The van der Waals surface area contributed by atoms with Gasteiger partial charge in [0.15, 0.2) is 5.16 Å². The molecule has 0 saturated heterocycles. The number of carbonyl (C=O) groups excluding carboxylic acids is 1. The van der Waals surface area contributed by atoms with E-state index in [0.717, 1.165) is 11.8 Å². The van der Waals surface area contributed by atoms with Crippen molar-refractivity contribution in [2.24, 2.45) is 0 Å². The molecule has 0 aliphatic heterocycles. The van der Waals surface area contributed by atoms with E-state index < -0.39 is 4.92 Å². The zero-order chi connectivity index (χ0) is 12.3. The van der Waals surface area contributed by atoms with Crippen molar-refractivity contribution < 1.29 is 9.72 Å². The van der Waals surface area contributed by atoms with Gasteiger partial charge in [0.25, 0.3) is 5.69 Å². The molecule has 0 atom stereocenters. The Morgan fingerprint density at radius 2 is 2.29 bits per heavy atom. The fourth-order valence-corrected chi connectivity index (χ4v) is 2.07. The Kier molecular flexibility index (Phi) is 3.20. The van der Waals surface area contributed by atoms with Crippen molar-refractivity contribution in [1.29, 1.82) is 0 Å². The van der Waals surface area contributed by atoms with E-state index in [0.29, 0.717) is 16.3 Å². The molecule has 1 aromatic carbocycles. The average Bonchev–Trinajstić information content (AvgIpc) is 2.82. The van der Waals surface area contributed by atoms with E-state index >= 15 is 0 Å². The number of H-pyrrole nitrogens is 1. The first-order chi connectivity index (χ1) is 8.20. The van der Waals surface area contributed by atoms with Crippen LogP contribution in [0.15, 0.2) is 40.6 Å². The van der Waals surface area contributed by atoms with E-state index in [-0.39, 0.29) is 11.3 Å². The molecule has 0 spiro atoms. The van der Waals surface area contributed by atoms with Crippen molar-refractivity contribution >= 4 is 23.7 Å². The van der Waals surface area contributed by atoms with Crippen LogP contribution in [0.1, 0.15) is 10.4 Å². The minimum absolute atomic E-state index is 0.101. The number of carbonyl (C=O) groups is 1. The van der Waals surface area contributed by atoms with Gasteiger partial charge < -0.3 is 4.98 Å². The molecule has 0 aliphatic rings. The highest BCUT2D eigenvalue weighted by Gasteiger charge is 2.16. The number of hydrogen-bond donors (Lipinski definition) is 1. The SMILES string of the molecule is O=Cc1ccc(Sc2ncc[nH]2)c([N+](=O)[O-])c1. The number of imidazole rings is 1. The van der Waals surface area contributed by atoms with Crippen molar-refractivity contribution in [1.82, 2.24) is 9.97 Å². The third-order valence-corrected chi connectivity index (χ3v) is 2.98. The van der Waals surface area contributed by atoms with Crippen LogP contribution in [0.4, 0.5) is 5.69 Å². The van der Waals surface area contributed by atoms with Crippen LogP contribution >= 0.6 is 11.8 Å². The number of nitro groups is 1. The van der Waals surface area contributed by atoms with E-state index in [1.165, 1.54) is 18.2 Å². The van der Waals surface area contributed by atoms with Gasteiger partial charge in [-0.2, -0.15) is 0 Å². The molecule has 0 fully saturated rings. The Bertz CT molecular complexity index is 554. The van der Waals surface area contributed by atoms with Crippen molar-refractivity contribution in [3.8, 4) is 0 Å². The third-order valence-electron chi connectivity index (χ3n) is 2.00. The lowest BCUT2D eigenvalue weighted by Gasteiger charge is -2.00. The highest BCUT2D eigenvalue weighted by atomic mass is 32.2. The lowest BCUT2D eigenvalue weighted by molar-refractivity contribution is -0.387. The summed E-state index contributed by atoms with van der Waals surface area (Å²) in [5, 5.41) is 11.4. The molecule has 1 aromatic heterocycles. The average molecular weight is 249 g/mol. The first kappa shape index (κ1) is 11.3. The number of benzene rings is 1. The lowest BCUT2D eigenvalue weighted by Crippen LogP contribution is -1.93. The largest absolute Gasteiger partial charge is 0.339 e. The summed E-state index contributed by atoms with van der Waals surface area (Å²) in [5.41, 5.74) is 0.177. The van der Waals surface area contributed by atoms with E-state index in [4.69, 9.17) is 0 Å². The molecule has 1 N–H and O–H groups in total. The van der Waals surface area contributed by atoms with Crippen LogP contribution in [0.5, 0.6) is 0 Å². The molecular formula is C10H7N3O3S. The maximum absolute atomic E-state index is 10.9. The Hall–Kier alpha value is -2.15. The summed E-state index contributed by atoms with van der Waals surface area (Å²) < 4.78 is 0. The van der Waals surface area contributed by atoms with Crippen molar-refractivity contribution in [2.45, 2.75) is 10.1 Å². The van der Waals surface area contributed by atoms with Crippen molar-refractivity contribution in [3.05, 3.63) is 46.3 Å². The standard InChI is InChI=1S/C10H7N3O3S/c14-6-7-1-2-9(8(5-7)13(15)16)17-10-11-3-4-12-10/h1-6H,(H,11,12). The molecule has 17 heavy (non-hydrogen) atoms. The van der Waals surface area contributed by atoms with Crippen LogP contribution in [0.2, 0.25) is 0 Å². The maximum atomic E-state index is 10.9. The molecule has 1 heterocycles. The summed E-state index contributed by atoms with van der Waals surface area (Å²) in [7, 11) is 0. The number of aldehydes is 1. The summed E-state index contributed by atoms with van der Waals surface area (Å²) in [5.74, 6) is 0. The molecule has 7 heteroatoms. The molecule has 6 nitrogen and oxygen atoms in total. The quantitative estimate of drug-likeness (QED) is 0.510. The summed E-state index contributed by atoms with van der Waals surface area (Å²) in [4.78, 5) is 28.2. The fourth-order valence-electron chi connectivity index (χ4n) is 1.25. The normalized spacial score (nSPS) is 10.1. The summed E-state index contributed by atoms with van der Waals surface area (Å²) in [6.45, 7) is 0. The maximum Gasteiger partial charge on any atom is 0.284 e. The van der Waals surface area contributed by atoms with E-state index in [2.05, 4.69) is 9.97 Å². The molecule has 0 amide bonds. The van der Waals surface area contributed by atoms with Crippen LogP contribution in [-0.4, -0.2) is 21.2 Å². The van der Waals surface area contributed by atoms with Crippen LogP contribution < -0.4 is 0 Å². The van der Waals surface area contributed by atoms with Gasteiger partial charge in [0, 0.05) is 24.0 Å². The second kappa shape index (κ2) is 4.79. The van der Waals surface area contributed by atoms with Gasteiger partial charge in [0.2, 0.25) is 0 Å². The van der Waals surface area contributed by atoms with Crippen molar-refractivity contribution in [3.63, 3.8) is 0 Å². The number of hydrogen-bond acceptors (Lipinski definition) is 5. The number of aromatic amines is 1. The van der Waals surface area contributed by atoms with Gasteiger partial charge >= 0.3 is 0 Å². The highest BCUT2D eigenvalue weighted by molar-refractivity contribution is 7.99. The Morgan fingerprint density at radius 3 is 2.88 bits per heavy atom. The molecule has 0 aliphatic carbocycles. The molecule has 0 unspecified atom stereocenters. The predicted molar refractivity (Wildman–Crippen MR) is 61.2 cm³/mol. The Labute approximate surface area is 100 Å². The number of nitro benzene ring substituents is 1. The van der Waals surface area contributed by atoms with Crippen LogP contribution in [0, 0.1) is 10.1 Å². The summed E-state index contributed by atoms with van der Waals surface area (Å²) in [6, 6.07) is 4.32. The minimum atomic E-state index is -0.516. The third kappa shape index (κ3) is 2.51. The van der Waals surface area contributed by atoms with Gasteiger partial charge in [-0.25, -0.2) is 4.98 Å². The summed E-state index contributed by atoms with van der Waals surface area (Å²) in [6.07, 6.45) is 3.77. The zero-order valence-corrected chi connectivity index (χ0v) is 9.31. The van der Waals surface area contributed by atoms with Gasteiger partial charge in [-0.1, -0.05) is 6.07 Å². The molecule has 0 saturated carbocycles. The predicted octanol–water partition coefficient (Wildman–Crippen LogP) is 2.28. The second-order valence-electron chi connectivity index (χ2n) is 3.10. The van der Waals surface area contributed by atoms with Gasteiger partial charge in [0.1, 0.15) is 6.29 Å². The first-order valence-corrected chi connectivity index (χ1v) is 5.43. The first-order valence-electron chi connectivity index (χ1n) is 4.61. The van der Waals surface area contributed by atoms with Crippen LogP contribution in [0.3, 0.4) is 0 Å². The minimum Gasteiger partial charge on any atom is -0.339 e. The molecular weight excluding hydrogens is 242 g/mol.